The lowest BCUT2D eigenvalue weighted by molar-refractivity contribution is 0.0575. The van der Waals surface area contributed by atoms with E-state index in [4.69, 9.17) is 10.5 Å². The van der Waals surface area contributed by atoms with E-state index in [-0.39, 0.29) is 0 Å². The highest BCUT2D eigenvalue weighted by molar-refractivity contribution is 5.31. The van der Waals surface area contributed by atoms with Crippen LogP contribution < -0.4 is 10.6 Å². The molecule has 1 aromatic rings. The summed E-state index contributed by atoms with van der Waals surface area (Å²) >= 11 is 0. The summed E-state index contributed by atoms with van der Waals surface area (Å²) in [5.74, 6) is 1.34. The van der Waals surface area contributed by atoms with Crippen molar-refractivity contribution in [3.63, 3.8) is 0 Å². The third kappa shape index (κ3) is 3.40. The molecule has 1 fully saturated rings. The first-order valence-electron chi connectivity index (χ1n) is 6.52. The van der Waals surface area contributed by atoms with Gasteiger partial charge in [-0.1, -0.05) is 0 Å². The van der Waals surface area contributed by atoms with Crippen LogP contribution >= 0.6 is 0 Å². The summed E-state index contributed by atoms with van der Waals surface area (Å²) in [6.45, 7) is 5.12. The fraction of sp³-hybridized carbons (Fsp3) is 0.692. The molecule has 0 aromatic carbocycles. The molecule has 1 aliphatic heterocycles. The topological polar surface area (TPSA) is 64.3 Å². The molecule has 0 aliphatic carbocycles. The summed E-state index contributed by atoms with van der Waals surface area (Å²) in [7, 11) is 2.03. The van der Waals surface area contributed by atoms with Gasteiger partial charge in [0.05, 0.1) is 12.3 Å². The summed E-state index contributed by atoms with van der Waals surface area (Å²) in [5.41, 5.74) is 7.50. The molecule has 5 nitrogen and oxygen atoms in total. The maximum absolute atomic E-state index is 5.64. The molecule has 2 rings (SSSR count). The molecule has 2 N–H and O–H groups in total. The number of nitrogens with two attached hydrogens (primary N) is 1. The molecule has 2 heterocycles. The van der Waals surface area contributed by atoms with Crippen molar-refractivity contribution in [1.29, 1.82) is 0 Å². The second-order valence-corrected chi connectivity index (χ2v) is 4.97. The van der Waals surface area contributed by atoms with Crippen LogP contribution in [0.2, 0.25) is 0 Å². The van der Waals surface area contributed by atoms with E-state index >= 15 is 0 Å². The summed E-state index contributed by atoms with van der Waals surface area (Å²) < 4.78 is 5.50. The van der Waals surface area contributed by atoms with Gasteiger partial charge in [0.25, 0.3) is 0 Å². The van der Waals surface area contributed by atoms with Crippen LogP contribution in [0.1, 0.15) is 24.2 Å². The zero-order valence-corrected chi connectivity index (χ0v) is 11.2. The summed E-state index contributed by atoms with van der Waals surface area (Å²) in [6, 6.07) is 1.93. The van der Waals surface area contributed by atoms with Crippen molar-refractivity contribution >= 4 is 5.95 Å². The molecule has 1 unspecified atom stereocenters. The van der Waals surface area contributed by atoms with Crippen molar-refractivity contribution < 1.29 is 4.74 Å². The Hall–Kier alpha value is -1.20. The quantitative estimate of drug-likeness (QED) is 0.867. The van der Waals surface area contributed by atoms with E-state index in [1.165, 1.54) is 6.42 Å². The molecule has 18 heavy (non-hydrogen) atoms. The fourth-order valence-corrected chi connectivity index (χ4v) is 2.31. The first kappa shape index (κ1) is 13.2. The van der Waals surface area contributed by atoms with Crippen molar-refractivity contribution in [2.75, 3.05) is 31.7 Å². The van der Waals surface area contributed by atoms with Crippen LogP contribution in [-0.4, -0.2) is 36.8 Å². The van der Waals surface area contributed by atoms with Crippen LogP contribution in [0.25, 0.3) is 0 Å². The molecule has 1 aromatic heterocycles. The average Bonchev–Trinajstić information content (AvgIpc) is 2.39. The monoisotopic (exact) mass is 250 g/mol. The van der Waals surface area contributed by atoms with Gasteiger partial charge in [-0.25, -0.2) is 9.97 Å². The SMILES string of the molecule is Cc1cc(CN)nc(N(C)CC2CCCOC2)n1. The number of aryl methyl sites for hydroxylation is 1. The van der Waals surface area contributed by atoms with E-state index in [9.17, 15) is 0 Å². The van der Waals surface area contributed by atoms with Crippen LogP contribution in [0.4, 0.5) is 5.95 Å². The first-order chi connectivity index (χ1) is 8.69. The molecule has 5 heteroatoms. The Labute approximate surface area is 108 Å². The lowest BCUT2D eigenvalue weighted by atomic mass is 10.0. The van der Waals surface area contributed by atoms with Crippen LogP contribution in [0.15, 0.2) is 6.07 Å². The third-order valence-corrected chi connectivity index (χ3v) is 3.23. The minimum absolute atomic E-state index is 0.455. The zero-order valence-electron chi connectivity index (χ0n) is 11.2. The first-order valence-corrected chi connectivity index (χ1v) is 6.52. The largest absolute Gasteiger partial charge is 0.381 e. The van der Waals surface area contributed by atoms with E-state index in [2.05, 4.69) is 14.9 Å². The van der Waals surface area contributed by atoms with E-state index in [0.29, 0.717) is 12.5 Å². The highest BCUT2D eigenvalue weighted by atomic mass is 16.5. The zero-order chi connectivity index (χ0) is 13.0. The molecule has 100 valence electrons. The van der Waals surface area contributed by atoms with Gasteiger partial charge in [0.2, 0.25) is 5.95 Å². The molecule has 0 spiro atoms. The van der Waals surface area contributed by atoms with Crippen molar-refractivity contribution in [1.82, 2.24) is 9.97 Å². The number of anilines is 1. The van der Waals surface area contributed by atoms with Gasteiger partial charge < -0.3 is 15.4 Å². The summed E-state index contributed by atoms with van der Waals surface area (Å²) in [6.07, 6.45) is 2.38. The number of rotatable bonds is 4. The Morgan fingerprint density at radius 2 is 2.33 bits per heavy atom. The second kappa shape index (κ2) is 6.11. The average molecular weight is 250 g/mol. The molecule has 1 aliphatic rings. The molecule has 1 atom stereocenters. The Bertz CT molecular complexity index is 391. The second-order valence-electron chi connectivity index (χ2n) is 4.97. The minimum atomic E-state index is 0.455. The lowest BCUT2D eigenvalue weighted by Crippen LogP contribution is -2.32. The Morgan fingerprint density at radius 3 is 3.00 bits per heavy atom. The molecule has 0 bridgehead atoms. The maximum atomic E-state index is 5.64. The number of hydrogen-bond acceptors (Lipinski definition) is 5. The normalized spacial score (nSPS) is 19.8. The molecule has 1 saturated heterocycles. The highest BCUT2D eigenvalue weighted by Gasteiger charge is 2.17. The third-order valence-electron chi connectivity index (χ3n) is 3.23. The van der Waals surface area contributed by atoms with Crippen LogP contribution in [-0.2, 0) is 11.3 Å². The summed E-state index contributed by atoms with van der Waals surface area (Å²) in [4.78, 5) is 11.0. The molecule has 0 saturated carbocycles. The Balaban J connectivity index is 2.02. The van der Waals surface area contributed by atoms with Crippen LogP contribution in [0.3, 0.4) is 0 Å². The van der Waals surface area contributed by atoms with Crippen molar-refractivity contribution in [2.24, 2.45) is 11.7 Å². The standard InChI is InChI=1S/C13H22N4O/c1-10-6-12(7-14)16-13(15-10)17(2)8-11-4-3-5-18-9-11/h6,11H,3-5,7-9,14H2,1-2H3. The van der Waals surface area contributed by atoms with E-state index in [1.54, 1.807) is 0 Å². The fourth-order valence-electron chi connectivity index (χ4n) is 2.31. The van der Waals surface area contributed by atoms with Crippen molar-refractivity contribution in [3.8, 4) is 0 Å². The Morgan fingerprint density at radius 1 is 1.50 bits per heavy atom. The van der Waals surface area contributed by atoms with Gasteiger partial charge in [-0.2, -0.15) is 0 Å². The van der Waals surface area contributed by atoms with Gasteiger partial charge in [0.15, 0.2) is 0 Å². The smallest absolute Gasteiger partial charge is 0.225 e. The van der Waals surface area contributed by atoms with Gasteiger partial charge in [-0.05, 0) is 31.7 Å². The number of aromatic nitrogens is 2. The van der Waals surface area contributed by atoms with Crippen molar-refractivity contribution in [3.05, 3.63) is 17.5 Å². The van der Waals surface area contributed by atoms with E-state index < -0.39 is 0 Å². The van der Waals surface area contributed by atoms with Gasteiger partial charge in [-0.3, -0.25) is 0 Å². The van der Waals surface area contributed by atoms with Crippen molar-refractivity contribution in [2.45, 2.75) is 26.3 Å². The predicted octanol–water partition coefficient (Wildman–Crippen LogP) is 1.11. The van der Waals surface area contributed by atoms with E-state index in [0.717, 1.165) is 43.5 Å². The maximum Gasteiger partial charge on any atom is 0.225 e. The van der Waals surface area contributed by atoms with Crippen LogP contribution in [0, 0.1) is 12.8 Å². The number of ether oxygens (including phenoxy) is 1. The van der Waals surface area contributed by atoms with Gasteiger partial charge in [0.1, 0.15) is 0 Å². The van der Waals surface area contributed by atoms with Crippen LogP contribution in [0.5, 0.6) is 0 Å². The predicted molar refractivity (Wildman–Crippen MR) is 71.5 cm³/mol. The Kier molecular flexibility index (Phi) is 4.49. The lowest BCUT2D eigenvalue weighted by Gasteiger charge is -2.27. The molecular formula is C13H22N4O. The minimum Gasteiger partial charge on any atom is -0.381 e. The molecule has 0 amide bonds. The molecular weight excluding hydrogens is 228 g/mol. The summed E-state index contributed by atoms with van der Waals surface area (Å²) in [5, 5.41) is 0. The molecule has 0 radical (unpaired) electrons. The number of nitrogens with zero attached hydrogens (tertiary/aromatic N) is 3. The highest BCUT2D eigenvalue weighted by Crippen LogP contribution is 2.17. The van der Waals surface area contributed by atoms with E-state index in [1.807, 2.05) is 20.0 Å². The van der Waals surface area contributed by atoms with Gasteiger partial charge in [-0.15, -0.1) is 0 Å². The van der Waals surface area contributed by atoms with Gasteiger partial charge in [0, 0.05) is 32.4 Å². The van der Waals surface area contributed by atoms with Gasteiger partial charge >= 0.3 is 0 Å². The number of hydrogen-bond donors (Lipinski definition) is 1.